The van der Waals surface area contributed by atoms with Gasteiger partial charge in [-0.05, 0) is 48.5 Å². The highest BCUT2D eigenvalue weighted by Gasteiger charge is 2.39. The predicted octanol–water partition coefficient (Wildman–Crippen LogP) is 7.20. The van der Waals surface area contributed by atoms with Gasteiger partial charge in [-0.3, -0.25) is 0 Å². The highest BCUT2D eigenvalue weighted by Crippen LogP contribution is 2.38. The molecule has 0 spiro atoms. The minimum atomic E-state index is -1.85. The quantitative estimate of drug-likeness (QED) is 0.434. The van der Waals surface area contributed by atoms with Crippen LogP contribution in [0.25, 0.3) is 16.6 Å². The standard InChI is InChI=1S/C22H26ClNOSi/c1-16(19-9-7-8-10-20(19)23)24-14-13-17-15-18(11-12-21(17)24)25-26(5,6)22(2,3)4/h7-15H,1H2,2-6H3. The molecule has 0 radical (unpaired) electrons. The summed E-state index contributed by atoms with van der Waals surface area (Å²) in [6, 6.07) is 16.1. The van der Waals surface area contributed by atoms with Crippen LogP contribution in [0.2, 0.25) is 23.2 Å². The van der Waals surface area contributed by atoms with Gasteiger partial charge in [0.15, 0.2) is 0 Å². The van der Waals surface area contributed by atoms with Crippen molar-refractivity contribution in [2.24, 2.45) is 0 Å². The molecule has 0 amide bonds. The van der Waals surface area contributed by atoms with Crippen molar-refractivity contribution < 1.29 is 4.43 Å². The first-order valence-corrected chi connectivity index (χ1v) is 12.1. The third kappa shape index (κ3) is 3.46. The molecule has 0 unspecified atom stereocenters. The van der Waals surface area contributed by atoms with Crippen LogP contribution < -0.4 is 4.43 Å². The largest absolute Gasteiger partial charge is 0.543 e. The summed E-state index contributed by atoms with van der Waals surface area (Å²) in [5.74, 6) is 0.935. The Hall–Kier alpha value is -1.97. The van der Waals surface area contributed by atoms with Gasteiger partial charge in [-0.2, -0.15) is 0 Å². The number of hydrogen-bond donors (Lipinski definition) is 0. The molecule has 3 rings (SSSR count). The summed E-state index contributed by atoms with van der Waals surface area (Å²) in [5.41, 5.74) is 2.90. The van der Waals surface area contributed by atoms with Crippen molar-refractivity contribution in [3.63, 3.8) is 0 Å². The van der Waals surface area contributed by atoms with E-state index in [-0.39, 0.29) is 5.04 Å². The van der Waals surface area contributed by atoms with Gasteiger partial charge < -0.3 is 8.99 Å². The summed E-state index contributed by atoms with van der Waals surface area (Å²) >= 11 is 6.34. The number of hydrogen-bond acceptors (Lipinski definition) is 1. The fourth-order valence-corrected chi connectivity index (χ4v) is 3.96. The zero-order valence-electron chi connectivity index (χ0n) is 16.1. The van der Waals surface area contributed by atoms with Crippen molar-refractivity contribution in [1.29, 1.82) is 0 Å². The third-order valence-corrected chi connectivity index (χ3v) is 10.0. The van der Waals surface area contributed by atoms with Gasteiger partial charge >= 0.3 is 0 Å². The van der Waals surface area contributed by atoms with Crippen LogP contribution in [0.3, 0.4) is 0 Å². The Bertz CT molecular complexity index is 966. The molecule has 0 saturated heterocycles. The van der Waals surface area contributed by atoms with Crippen LogP contribution >= 0.6 is 11.6 Å². The maximum atomic E-state index is 6.43. The number of nitrogens with zero attached hydrogens (tertiary/aromatic N) is 1. The van der Waals surface area contributed by atoms with Crippen molar-refractivity contribution in [3.05, 3.63) is 71.9 Å². The van der Waals surface area contributed by atoms with Crippen molar-refractivity contribution in [2.75, 3.05) is 0 Å². The number of benzene rings is 2. The van der Waals surface area contributed by atoms with Crippen LogP contribution in [-0.2, 0) is 0 Å². The van der Waals surface area contributed by atoms with E-state index < -0.39 is 8.32 Å². The van der Waals surface area contributed by atoms with Gasteiger partial charge in [-0.1, -0.05) is 57.2 Å². The Morgan fingerprint density at radius 1 is 1.08 bits per heavy atom. The molecule has 26 heavy (non-hydrogen) atoms. The predicted molar refractivity (Wildman–Crippen MR) is 116 cm³/mol. The molecule has 1 aromatic heterocycles. The van der Waals surface area contributed by atoms with Crippen molar-refractivity contribution in [3.8, 4) is 5.75 Å². The average molecular weight is 384 g/mol. The highest BCUT2D eigenvalue weighted by molar-refractivity contribution is 6.74. The van der Waals surface area contributed by atoms with Crippen molar-refractivity contribution >= 4 is 36.5 Å². The zero-order valence-corrected chi connectivity index (χ0v) is 17.9. The van der Waals surface area contributed by atoms with Gasteiger partial charge in [0.2, 0.25) is 8.32 Å². The lowest BCUT2D eigenvalue weighted by Gasteiger charge is -2.36. The van der Waals surface area contributed by atoms with E-state index >= 15 is 0 Å². The van der Waals surface area contributed by atoms with E-state index in [2.05, 4.69) is 69.3 Å². The molecule has 2 aromatic carbocycles. The van der Waals surface area contributed by atoms with E-state index in [9.17, 15) is 0 Å². The first-order valence-electron chi connectivity index (χ1n) is 8.84. The molecule has 0 aliphatic heterocycles. The van der Waals surface area contributed by atoms with E-state index in [0.717, 1.165) is 27.9 Å². The zero-order chi connectivity index (χ0) is 19.1. The number of rotatable bonds is 4. The molecule has 0 aliphatic rings. The Labute approximate surface area is 162 Å². The van der Waals surface area contributed by atoms with Crippen LogP contribution in [0.5, 0.6) is 5.75 Å². The van der Waals surface area contributed by atoms with Crippen molar-refractivity contribution in [1.82, 2.24) is 4.57 Å². The SMILES string of the molecule is C=C(c1ccccc1Cl)n1ccc2cc(O[Si](C)(C)C(C)(C)C)ccc21. The van der Waals surface area contributed by atoms with E-state index in [1.54, 1.807) is 0 Å². The molecule has 4 heteroatoms. The monoisotopic (exact) mass is 383 g/mol. The Balaban J connectivity index is 1.95. The van der Waals surface area contributed by atoms with Crippen LogP contribution in [0, 0.1) is 0 Å². The highest BCUT2D eigenvalue weighted by atomic mass is 35.5. The molecule has 0 fully saturated rings. The first kappa shape index (κ1) is 18.8. The first-order chi connectivity index (χ1) is 12.1. The molecule has 136 valence electrons. The van der Waals surface area contributed by atoms with Gasteiger partial charge in [0.1, 0.15) is 5.75 Å². The molecule has 0 N–H and O–H groups in total. The van der Waals surface area contributed by atoms with Crippen LogP contribution in [0.15, 0.2) is 61.3 Å². The third-order valence-electron chi connectivity index (χ3n) is 5.32. The summed E-state index contributed by atoms with van der Waals surface area (Å²) in [6.45, 7) is 15.5. The lowest BCUT2D eigenvalue weighted by Crippen LogP contribution is -2.43. The van der Waals surface area contributed by atoms with Gasteiger partial charge in [-0.25, -0.2) is 0 Å². The van der Waals surface area contributed by atoms with E-state index in [4.69, 9.17) is 16.0 Å². The Kier molecular flexibility index (Phi) is 4.80. The maximum Gasteiger partial charge on any atom is 0.250 e. The smallest absolute Gasteiger partial charge is 0.250 e. The lowest BCUT2D eigenvalue weighted by atomic mass is 10.1. The Morgan fingerprint density at radius 3 is 2.42 bits per heavy atom. The van der Waals surface area contributed by atoms with Crippen LogP contribution in [0.4, 0.5) is 0 Å². The molecule has 3 aromatic rings. The maximum absolute atomic E-state index is 6.43. The normalized spacial score (nSPS) is 12.4. The Morgan fingerprint density at radius 2 is 1.77 bits per heavy atom. The minimum absolute atomic E-state index is 0.173. The molecular weight excluding hydrogens is 358 g/mol. The van der Waals surface area contributed by atoms with E-state index in [0.29, 0.717) is 5.02 Å². The van der Waals surface area contributed by atoms with Crippen LogP contribution in [-0.4, -0.2) is 12.9 Å². The second kappa shape index (κ2) is 6.64. The summed E-state index contributed by atoms with van der Waals surface area (Å²) in [6.07, 6.45) is 2.03. The molecule has 1 heterocycles. The molecule has 0 atom stereocenters. The summed E-state index contributed by atoms with van der Waals surface area (Å²) in [7, 11) is -1.85. The average Bonchev–Trinajstić information content (AvgIpc) is 2.96. The fraction of sp³-hybridized carbons (Fsp3) is 0.273. The van der Waals surface area contributed by atoms with Gasteiger partial charge in [0.05, 0.1) is 5.52 Å². The van der Waals surface area contributed by atoms with Crippen LogP contribution in [0.1, 0.15) is 26.3 Å². The molecule has 2 nitrogen and oxygen atoms in total. The van der Waals surface area contributed by atoms with Gasteiger partial charge in [-0.15, -0.1) is 0 Å². The van der Waals surface area contributed by atoms with E-state index in [1.807, 2.05) is 30.5 Å². The second-order valence-electron chi connectivity index (χ2n) is 8.20. The molecule has 0 bridgehead atoms. The van der Waals surface area contributed by atoms with Gasteiger partial charge in [0, 0.05) is 27.9 Å². The summed E-state index contributed by atoms with van der Waals surface area (Å²) in [5, 5.41) is 2.01. The summed E-state index contributed by atoms with van der Waals surface area (Å²) < 4.78 is 8.51. The number of aromatic nitrogens is 1. The number of halogens is 1. The minimum Gasteiger partial charge on any atom is -0.543 e. The number of fused-ring (bicyclic) bond motifs is 1. The van der Waals surface area contributed by atoms with E-state index in [1.165, 1.54) is 0 Å². The topological polar surface area (TPSA) is 14.2 Å². The second-order valence-corrected chi connectivity index (χ2v) is 13.3. The molecular formula is C22H26ClNOSi. The van der Waals surface area contributed by atoms with Crippen molar-refractivity contribution in [2.45, 2.75) is 38.9 Å². The lowest BCUT2D eigenvalue weighted by molar-refractivity contribution is 0.493. The molecule has 0 aliphatic carbocycles. The molecule has 0 saturated carbocycles. The fourth-order valence-electron chi connectivity index (χ4n) is 2.69. The van der Waals surface area contributed by atoms with Gasteiger partial charge in [0.25, 0.3) is 0 Å². The summed E-state index contributed by atoms with van der Waals surface area (Å²) in [4.78, 5) is 0.